The van der Waals surface area contributed by atoms with Gasteiger partial charge in [0.1, 0.15) is 10.3 Å². The number of aromatic nitrogens is 1. The number of halogens is 3. The van der Waals surface area contributed by atoms with Crippen LogP contribution >= 0.6 is 15.9 Å². The molecule has 0 spiro atoms. The van der Waals surface area contributed by atoms with E-state index in [-0.39, 0.29) is 15.9 Å². The van der Waals surface area contributed by atoms with Crippen LogP contribution in [0.15, 0.2) is 10.7 Å². The monoisotopic (exact) mass is 253 g/mol. The van der Waals surface area contributed by atoms with Crippen molar-refractivity contribution in [1.29, 1.82) is 0 Å². The van der Waals surface area contributed by atoms with Gasteiger partial charge in [-0.25, -0.2) is 13.8 Å². The predicted octanol–water partition coefficient (Wildman–Crippen LogP) is 1.98. The molecule has 13 heavy (non-hydrogen) atoms. The van der Waals surface area contributed by atoms with Gasteiger partial charge in [0.05, 0.1) is 6.61 Å². The Morgan fingerprint density at radius 1 is 1.54 bits per heavy atom. The maximum Gasteiger partial charge on any atom is 0.280 e. The molecule has 72 valence electrons. The molecular weight excluding hydrogens is 248 g/mol. The van der Waals surface area contributed by atoms with E-state index in [1.165, 1.54) is 0 Å². The van der Waals surface area contributed by atoms with Crippen molar-refractivity contribution in [3.63, 3.8) is 0 Å². The Morgan fingerprint density at radius 3 is 2.62 bits per heavy atom. The lowest BCUT2D eigenvalue weighted by molar-refractivity contribution is 0.145. The Morgan fingerprint density at radius 2 is 2.15 bits per heavy atom. The molecule has 0 aliphatic rings. The van der Waals surface area contributed by atoms with Gasteiger partial charge in [0.2, 0.25) is 0 Å². The molecule has 0 saturated carbocycles. The third-order valence-electron chi connectivity index (χ3n) is 1.44. The van der Waals surface area contributed by atoms with Crippen molar-refractivity contribution in [2.75, 3.05) is 0 Å². The zero-order valence-electron chi connectivity index (χ0n) is 6.34. The van der Waals surface area contributed by atoms with Crippen LogP contribution in [0.4, 0.5) is 8.78 Å². The summed E-state index contributed by atoms with van der Waals surface area (Å²) in [4.78, 5) is 3.39. The fourth-order valence-electron chi connectivity index (χ4n) is 0.810. The van der Waals surface area contributed by atoms with Gasteiger partial charge in [-0.2, -0.15) is 0 Å². The highest BCUT2D eigenvalue weighted by Gasteiger charge is 2.14. The van der Waals surface area contributed by atoms with E-state index in [4.69, 9.17) is 5.11 Å². The number of aromatic hydroxyl groups is 1. The molecule has 0 bridgehead atoms. The molecule has 0 amide bonds. The number of rotatable bonds is 2. The number of hydrogen-bond acceptors (Lipinski definition) is 3. The van der Waals surface area contributed by atoms with Crippen molar-refractivity contribution in [3.8, 4) is 5.75 Å². The minimum Gasteiger partial charge on any atom is -0.505 e. The first-order chi connectivity index (χ1) is 6.06. The molecule has 1 rings (SSSR count). The summed E-state index contributed by atoms with van der Waals surface area (Å²) in [5.41, 5.74) is -0.453. The zero-order chi connectivity index (χ0) is 10.0. The van der Waals surface area contributed by atoms with E-state index in [0.717, 1.165) is 6.07 Å². The second kappa shape index (κ2) is 3.97. The van der Waals surface area contributed by atoms with E-state index in [2.05, 4.69) is 20.9 Å². The van der Waals surface area contributed by atoms with E-state index >= 15 is 0 Å². The van der Waals surface area contributed by atoms with Crippen LogP contribution in [0.1, 0.15) is 17.7 Å². The van der Waals surface area contributed by atoms with Crippen molar-refractivity contribution < 1.29 is 19.0 Å². The molecule has 3 nitrogen and oxygen atoms in total. The van der Waals surface area contributed by atoms with E-state index in [0.29, 0.717) is 0 Å². The van der Waals surface area contributed by atoms with Crippen LogP contribution in [0.25, 0.3) is 0 Å². The Bertz CT molecular complexity index is 320. The highest BCUT2D eigenvalue weighted by atomic mass is 79.9. The number of aliphatic hydroxyl groups is 1. The molecule has 0 aromatic carbocycles. The highest BCUT2D eigenvalue weighted by molar-refractivity contribution is 9.10. The summed E-state index contributed by atoms with van der Waals surface area (Å²) in [6, 6.07) is 0.963. The largest absolute Gasteiger partial charge is 0.505 e. The van der Waals surface area contributed by atoms with Crippen molar-refractivity contribution >= 4 is 15.9 Å². The maximum atomic E-state index is 12.1. The van der Waals surface area contributed by atoms with Crippen molar-refractivity contribution in [3.05, 3.63) is 21.9 Å². The third kappa shape index (κ3) is 2.13. The normalized spacial score (nSPS) is 10.8. The Hall–Kier alpha value is -0.750. The van der Waals surface area contributed by atoms with Gasteiger partial charge in [-0.15, -0.1) is 0 Å². The molecule has 2 N–H and O–H groups in total. The summed E-state index contributed by atoms with van der Waals surface area (Å²) in [5.74, 6) is -0.313. The minimum absolute atomic E-state index is 0.0252. The lowest BCUT2D eigenvalue weighted by Crippen LogP contribution is -1.95. The Kier molecular flexibility index (Phi) is 3.16. The van der Waals surface area contributed by atoms with Crippen LogP contribution in [-0.2, 0) is 6.61 Å². The summed E-state index contributed by atoms with van der Waals surface area (Å²) in [6.45, 7) is -0.507. The fraction of sp³-hybridized carbons (Fsp3) is 0.286. The summed E-state index contributed by atoms with van der Waals surface area (Å²) >= 11 is 2.80. The van der Waals surface area contributed by atoms with E-state index in [1.807, 2.05) is 0 Å². The zero-order valence-corrected chi connectivity index (χ0v) is 7.92. The molecule has 0 aliphatic carbocycles. The van der Waals surface area contributed by atoms with Gasteiger partial charge in [-0.05, 0) is 22.0 Å². The fourth-order valence-corrected chi connectivity index (χ4v) is 1.27. The summed E-state index contributed by atoms with van der Waals surface area (Å²) in [5, 5.41) is 17.9. The second-order valence-corrected chi connectivity index (χ2v) is 3.06. The van der Waals surface area contributed by atoms with Gasteiger partial charge in [0.25, 0.3) is 6.43 Å². The molecule has 0 atom stereocenters. The van der Waals surface area contributed by atoms with E-state index in [1.54, 1.807) is 0 Å². The smallest absolute Gasteiger partial charge is 0.280 e. The van der Waals surface area contributed by atoms with Crippen LogP contribution in [0, 0.1) is 0 Å². The van der Waals surface area contributed by atoms with Crippen LogP contribution in [-0.4, -0.2) is 15.2 Å². The first-order valence-electron chi connectivity index (χ1n) is 3.33. The third-order valence-corrected chi connectivity index (χ3v) is 2.00. The molecular formula is C7H6BrF2NO2. The molecule has 0 unspecified atom stereocenters. The molecule has 1 aromatic rings. The van der Waals surface area contributed by atoms with Crippen LogP contribution in [0.3, 0.4) is 0 Å². The minimum atomic E-state index is -2.72. The average Bonchev–Trinajstić information content (AvgIpc) is 2.09. The van der Waals surface area contributed by atoms with Crippen molar-refractivity contribution in [1.82, 2.24) is 4.98 Å². The Balaban J connectivity index is 3.22. The number of aliphatic hydroxyl groups excluding tert-OH is 1. The van der Waals surface area contributed by atoms with Gasteiger partial charge >= 0.3 is 0 Å². The number of hydrogen-bond donors (Lipinski definition) is 2. The Labute approximate surface area is 81.2 Å². The second-order valence-electron chi connectivity index (χ2n) is 2.30. The van der Waals surface area contributed by atoms with Gasteiger partial charge < -0.3 is 10.2 Å². The van der Waals surface area contributed by atoms with E-state index < -0.39 is 18.7 Å². The summed E-state index contributed by atoms with van der Waals surface area (Å²) in [7, 11) is 0. The molecule has 1 aromatic heterocycles. The van der Waals surface area contributed by atoms with Crippen molar-refractivity contribution in [2.24, 2.45) is 0 Å². The maximum absolute atomic E-state index is 12.1. The lowest BCUT2D eigenvalue weighted by atomic mass is 10.2. The summed E-state index contributed by atoms with van der Waals surface area (Å²) < 4.78 is 24.2. The highest BCUT2D eigenvalue weighted by Crippen LogP contribution is 2.29. The first-order valence-corrected chi connectivity index (χ1v) is 4.13. The average molecular weight is 254 g/mol. The van der Waals surface area contributed by atoms with Crippen LogP contribution in [0.5, 0.6) is 5.75 Å². The SMILES string of the molecule is OCc1cc(C(F)F)nc(Br)c1O. The molecule has 0 radical (unpaired) electrons. The first kappa shape index (κ1) is 10.3. The van der Waals surface area contributed by atoms with E-state index in [9.17, 15) is 13.9 Å². The molecule has 0 fully saturated rings. The van der Waals surface area contributed by atoms with Crippen LogP contribution < -0.4 is 0 Å². The number of pyridine rings is 1. The van der Waals surface area contributed by atoms with Gasteiger partial charge in [-0.3, -0.25) is 0 Å². The van der Waals surface area contributed by atoms with Gasteiger partial charge in [0.15, 0.2) is 5.75 Å². The number of alkyl halides is 2. The molecule has 1 heterocycles. The number of nitrogens with zero attached hydrogens (tertiary/aromatic N) is 1. The van der Waals surface area contributed by atoms with Gasteiger partial charge in [0, 0.05) is 5.56 Å². The van der Waals surface area contributed by atoms with Crippen LogP contribution in [0.2, 0.25) is 0 Å². The lowest BCUT2D eigenvalue weighted by Gasteiger charge is -2.05. The molecule has 0 aliphatic heterocycles. The van der Waals surface area contributed by atoms with Crippen molar-refractivity contribution in [2.45, 2.75) is 13.0 Å². The summed E-state index contributed by atoms with van der Waals surface area (Å²) in [6.07, 6.45) is -2.72. The topological polar surface area (TPSA) is 53.4 Å². The molecule has 0 saturated heterocycles. The molecule has 6 heteroatoms. The standard InChI is InChI=1S/C7H6BrF2NO2/c8-6-5(13)3(2-12)1-4(11-6)7(9)10/h1,7,12-13H,2H2. The predicted molar refractivity (Wildman–Crippen MR) is 44.5 cm³/mol. The quantitative estimate of drug-likeness (QED) is 0.793. The van der Waals surface area contributed by atoms with Gasteiger partial charge in [-0.1, -0.05) is 0 Å².